The summed E-state index contributed by atoms with van der Waals surface area (Å²) in [6, 6.07) is 17.6. The molecule has 1 N–H and O–H groups in total. The summed E-state index contributed by atoms with van der Waals surface area (Å²) in [5.41, 5.74) is 2.52. The smallest absolute Gasteiger partial charge is 0.413 e. The number of benzene rings is 2. The van der Waals surface area contributed by atoms with Gasteiger partial charge in [-0.25, -0.2) is 18.9 Å². The first-order valence-electron chi connectivity index (χ1n) is 13.5. The van der Waals surface area contributed by atoms with E-state index in [1.165, 1.54) is 18.3 Å². The van der Waals surface area contributed by atoms with Crippen molar-refractivity contribution < 1.29 is 18.7 Å². The fraction of sp³-hybridized carbons (Fsp3) is 0.267. The van der Waals surface area contributed by atoms with Crippen molar-refractivity contribution in [3.8, 4) is 5.69 Å². The topological polar surface area (TPSA) is 120 Å². The van der Waals surface area contributed by atoms with E-state index in [0.717, 1.165) is 5.69 Å². The lowest BCUT2D eigenvalue weighted by atomic mass is 9.93. The molecule has 12 heteroatoms. The molecule has 1 aliphatic heterocycles. The molecule has 6 rings (SSSR count). The summed E-state index contributed by atoms with van der Waals surface area (Å²) in [5, 5.41) is 16.3. The van der Waals surface area contributed by atoms with Gasteiger partial charge in [0.05, 0.1) is 35.0 Å². The van der Waals surface area contributed by atoms with Gasteiger partial charge in [0.25, 0.3) is 5.91 Å². The van der Waals surface area contributed by atoms with Gasteiger partial charge in [-0.15, -0.1) is 5.10 Å². The van der Waals surface area contributed by atoms with Crippen molar-refractivity contribution in [2.45, 2.75) is 38.8 Å². The molecule has 0 saturated carbocycles. The second-order valence-corrected chi connectivity index (χ2v) is 11.1. The highest BCUT2D eigenvalue weighted by atomic mass is 19.1. The number of pyridine rings is 1. The number of aromatic nitrogens is 6. The minimum Gasteiger partial charge on any atom is -0.444 e. The first-order chi connectivity index (χ1) is 20.1. The van der Waals surface area contributed by atoms with Gasteiger partial charge in [0, 0.05) is 30.8 Å². The summed E-state index contributed by atoms with van der Waals surface area (Å²) in [5.74, 6) is -0.514. The van der Waals surface area contributed by atoms with E-state index in [4.69, 9.17) is 9.84 Å². The normalized spacial score (nSPS) is 13.7. The molecule has 1 saturated heterocycles. The molecule has 4 heterocycles. The van der Waals surface area contributed by atoms with Crippen LogP contribution in [0.3, 0.4) is 0 Å². The standard InChI is InChI=1S/C30H29FN8O3/c1-30(2,3)42-29(41)33-25-14-19(12-13-32-25)28(40)37-15-20(16-37)27-26-23(31)10-7-11-24(26)39(35-27)18-21-17-38(36-34-21)22-8-5-4-6-9-22/h4-14,17,20H,15-16,18H2,1-3H3,(H,32,33,41). The third kappa shape index (κ3) is 5.55. The maximum Gasteiger partial charge on any atom is 0.413 e. The average molecular weight is 569 g/mol. The minimum atomic E-state index is -0.665. The maximum atomic E-state index is 15.1. The first kappa shape index (κ1) is 27.1. The molecule has 42 heavy (non-hydrogen) atoms. The molecule has 2 amide bonds. The van der Waals surface area contributed by atoms with Gasteiger partial charge in [-0.2, -0.15) is 5.10 Å². The van der Waals surface area contributed by atoms with Crippen molar-refractivity contribution >= 4 is 28.7 Å². The van der Waals surface area contributed by atoms with Gasteiger partial charge < -0.3 is 9.64 Å². The number of rotatable bonds is 6. The predicted molar refractivity (Wildman–Crippen MR) is 153 cm³/mol. The fourth-order valence-corrected chi connectivity index (χ4v) is 4.89. The Bertz CT molecular complexity index is 1770. The Balaban J connectivity index is 1.17. The Labute approximate surface area is 240 Å². The molecule has 0 spiro atoms. The monoisotopic (exact) mass is 568 g/mol. The first-order valence-corrected chi connectivity index (χ1v) is 13.5. The number of nitrogens with zero attached hydrogens (tertiary/aromatic N) is 7. The van der Waals surface area contributed by atoms with E-state index in [1.807, 2.05) is 42.6 Å². The van der Waals surface area contributed by atoms with Crippen molar-refractivity contribution in [1.82, 2.24) is 34.7 Å². The molecule has 5 aromatic rings. The van der Waals surface area contributed by atoms with Crippen molar-refractivity contribution in [2.24, 2.45) is 0 Å². The summed E-state index contributed by atoms with van der Waals surface area (Å²) < 4.78 is 23.8. The number of para-hydroxylation sites is 1. The van der Waals surface area contributed by atoms with Crippen LogP contribution in [0.1, 0.15) is 48.4 Å². The third-order valence-corrected chi connectivity index (χ3v) is 6.82. The lowest BCUT2D eigenvalue weighted by molar-refractivity contribution is 0.0595. The number of nitrogens with one attached hydrogen (secondary N) is 1. The number of ether oxygens (including phenoxy) is 1. The van der Waals surface area contributed by atoms with Gasteiger partial charge in [-0.3, -0.25) is 14.8 Å². The van der Waals surface area contributed by atoms with Crippen LogP contribution in [-0.4, -0.2) is 65.3 Å². The molecule has 0 aliphatic carbocycles. The number of hydrogen-bond acceptors (Lipinski definition) is 7. The van der Waals surface area contributed by atoms with E-state index < -0.39 is 11.7 Å². The predicted octanol–water partition coefficient (Wildman–Crippen LogP) is 4.79. The summed E-state index contributed by atoms with van der Waals surface area (Å²) in [6.07, 6.45) is 2.62. The zero-order chi connectivity index (χ0) is 29.4. The van der Waals surface area contributed by atoms with Crippen molar-refractivity contribution in [3.63, 3.8) is 0 Å². The fourth-order valence-electron chi connectivity index (χ4n) is 4.89. The Hall–Kier alpha value is -5.13. The van der Waals surface area contributed by atoms with Gasteiger partial charge >= 0.3 is 6.09 Å². The van der Waals surface area contributed by atoms with Crippen molar-refractivity contribution in [2.75, 3.05) is 18.4 Å². The number of anilines is 1. The number of amides is 2. The molecule has 0 bridgehead atoms. The van der Waals surface area contributed by atoms with E-state index in [1.54, 1.807) is 47.2 Å². The zero-order valence-corrected chi connectivity index (χ0v) is 23.4. The Morgan fingerprint density at radius 3 is 2.62 bits per heavy atom. The summed E-state index contributed by atoms with van der Waals surface area (Å²) >= 11 is 0. The Kier molecular flexibility index (Phi) is 6.89. The summed E-state index contributed by atoms with van der Waals surface area (Å²) in [7, 11) is 0. The lowest BCUT2D eigenvalue weighted by Crippen LogP contribution is -2.48. The van der Waals surface area contributed by atoms with Crippen LogP contribution in [0.5, 0.6) is 0 Å². The SMILES string of the molecule is CC(C)(C)OC(=O)Nc1cc(C(=O)N2CC(c3nn(Cc4cn(-c5ccccc5)nn4)c4cccc(F)c34)C2)ccn1. The third-order valence-electron chi connectivity index (χ3n) is 6.82. The maximum absolute atomic E-state index is 15.1. The second kappa shape index (κ2) is 10.7. The van der Waals surface area contributed by atoms with Crippen LogP contribution >= 0.6 is 0 Å². The second-order valence-electron chi connectivity index (χ2n) is 11.1. The summed E-state index contributed by atoms with van der Waals surface area (Å²) in [6.45, 7) is 6.34. The van der Waals surface area contributed by atoms with Crippen LogP contribution in [0.4, 0.5) is 15.0 Å². The molecular formula is C30H29FN8O3. The number of likely N-dealkylation sites (tertiary alicyclic amines) is 1. The van der Waals surface area contributed by atoms with E-state index >= 15 is 4.39 Å². The molecule has 0 atom stereocenters. The highest BCUT2D eigenvalue weighted by molar-refractivity contribution is 5.96. The van der Waals surface area contributed by atoms with E-state index in [9.17, 15) is 9.59 Å². The Morgan fingerprint density at radius 2 is 1.86 bits per heavy atom. The number of halogens is 1. The molecular weight excluding hydrogens is 539 g/mol. The zero-order valence-electron chi connectivity index (χ0n) is 23.4. The molecule has 11 nitrogen and oxygen atoms in total. The average Bonchev–Trinajstić information content (AvgIpc) is 3.53. The summed E-state index contributed by atoms with van der Waals surface area (Å²) in [4.78, 5) is 31.1. The van der Waals surface area contributed by atoms with Crippen LogP contribution in [0, 0.1) is 5.82 Å². The van der Waals surface area contributed by atoms with E-state index in [0.29, 0.717) is 47.5 Å². The Morgan fingerprint density at radius 1 is 1.07 bits per heavy atom. The van der Waals surface area contributed by atoms with Crippen LogP contribution in [0.2, 0.25) is 0 Å². The van der Waals surface area contributed by atoms with Crippen LogP contribution in [0.15, 0.2) is 73.1 Å². The van der Waals surface area contributed by atoms with E-state index in [2.05, 4.69) is 20.6 Å². The molecule has 0 radical (unpaired) electrons. The number of fused-ring (bicyclic) bond motifs is 1. The number of carbonyl (C=O) groups excluding carboxylic acids is 2. The molecule has 1 aliphatic rings. The van der Waals surface area contributed by atoms with Gasteiger partial charge in [0.15, 0.2) is 0 Å². The largest absolute Gasteiger partial charge is 0.444 e. The van der Waals surface area contributed by atoms with Crippen molar-refractivity contribution in [3.05, 3.63) is 95.8 Å². The van der Waals surface area contributed by atoms with Crippen molar-refractivity contribution in [1.29, 1.82) is 0 Å². The minimum absolute atomic E-state index is 0.143. The molecule has 3 aromatic heterocycles. The number of hydrogen-bond donors (Lipinski definition) is 1. The highest BCUT2D eigenvalue weighted by Gasteiger charge is 2.36. The van der Waals surface area contributed by atoms with Crippen LogP contribution in [-0.2, 0) is 11.3 Å². The highest BCUT2D eigenvalue weighted by Crippen LogP contribution is 2.34. The van der Waals surface area contributed by atoms with Gasteiger partial charge in [0.2, 0.25) is 0 Å². The quantitative estimate of drug-likeness (QED) is 0.313. The molecule has 0 unspecified atom stereocenters. The van der Waals surface area contributed by atoms with Gasteiger partial charge in [-0.1, -0.05) is 29.5 Å². The molecule has 2 aromatic carbocycles. The van der Waals surface area contributed by atoms with Crippen LogP contribution < -0.4 is 5.32 Å². The molecule has 214 valence electrons. The van der Waals surface area contributed by atoms with E-state index in [-0.39, 0.29) is 23.5 Å². The van der Waals surface area contributed by atoms with Gasteiger partial charge in [0.1, 0.15) is 22.9 Å². The van der Waals surface area contributed by atoms with Gasteiger partial charge in [-0.05, 0) is 57.2 Å². The molecule has 1 fully saturated rings. The number of carbonyl (C=O) groups is 2. The van der Waals surface area contributed by atoms with Crippen LogP contribution in [0.25, 0.3) is 16.6 Å². The lowest BCUT2D eigenvalue weighted by Gasteiger charge is -2.38.